The number of hydrogen-bond acceptors (Lipinski definition) is 3. The minimum Gasteiger partial charge on any atom is -0.378 e. The molecule has 0 aliphatic heterocycles. The third-order valence-corrected chi connectivity index (χ3v) is 3.82. The molecule has 0 atom stereocenters. The van der Waals surface area contributed by atoms with Crippen molar-refractivity contribution >= 4 is 11.6 Å². The van der Waals surface area contributed by atoms with Crippen LogP contribution >= 0.6 is 0 Å². The smallest absolute Gasteiger partial charge is 0.227 e. The lowest BCUT2D eigenvalue weighted by Gasteiger charge is -2.35. The molecule has 0 spiro atoms. The van der Waals surface area contributed by atoms with E-state index < -0.39 is 0 Å². The predicted octanol–water partition coefficient (Wildman–Crippen LogP) is 2.73. The molecule has 1 aromatic rings. The Kier molecular flexibility index (Phi) is 4.75. The van der Waals surface area contributed by atoms with E-state index in [4.69, 9.17) is 10.00 Å². The maximum Gasteiger partial charge on any atom is 0.227 e. The van der Waals surface area contributed by atoms with E-state index in [0.717, 1.165) is 19.4 Å². The largest absolute Gasteiger partial charge is 0.378 e. The summed E-state index contributed by atoms with van der Waals surface area (Å²) in [5, 5.41) is 9.08. The van der Waals surface area contributed by atoms with Gasteiger partial charge in [-0.3, -0.25) is 4.79 Å². The van der Waals surface area contributed by atoms with Crippen LogP contribution in [0.4, 0.5) is 5.69 Å². The molecule has 0 bridgehead atoms. The molecule has 1 aliphatic rings. The van der Waals surface area contributed by atoms with Crippen molar-refractivity contribution in [3.05, 3.63) is 29.8 Å². The lowest BCUT2D eigenvalue weighted by Crippen LogP contribution is -2.36. The van der Waals surface area contributed by atoms with Crippen LogP contribution in [0.3, 0.4) is 0 Å². The fraction of sp³-hybridized carbons (Fsp3) is 0.500. The van der Waals surface area contributed by atoms with Crippen LogP contribution < -0.4 is 4.90 Å². The number of rotatable bonds is 5. The Hall–Kier alpha value is -1.86. The molecule has 1 amide bonds. The SMILES string of the molecule is CCOC1CC(CC(=O)N(C)c2ccccc2C#N)C1. The number of hydrogen-bond donors (Lipinski definition) is 0. The second kappa shape index (κ2) is 6.53. The van der Waals surface area contributed by atoms with Crippen LogP contribution in [0.1, 0.15) is 31.7 Å². The summed E-state index contributed by atoms with van der Waals surface area (Å²) < 4.78 is 5.50. The second-order valence-corrected chi connectivity index (χ2v) is 5.20. The summed E-state index contributed by atoms with van der Waals surface area (Å²) in [5.41, 5.74) is 1.21. The third-order valence-electron chi connectivity index (χ3n) is 3.82. The van der Waals surface area contributed by atoms with Crippen LogP contribution in [0, 0.1) is 17.2 Å². The number of benzene rings is 1. The van der Waals surface area contributed by atoms with Crippen molar-refractivity contribution in [2.45, 2.75) is 32.3 Å². The molecular weight excluding hydrogens is 252 g/mol. The minimum absolute atomic E-state index is 0.0626. The van der Waals surface area contributed by atoms with E-state index in [2.05, 4.69) is 6.07 Å². The number of anilines is 1. The van der Waals surface area contributed by atoms with E-state index in [9.17, 15) is 4.79 Å². The average molecular weight is 272 g/mol. The van der Waals surface area contributed by atoms with Crippen molar-refractivity contribution in [3.8, 4) is 6.07 Å². The van der Waals surface area contributed by atoms with Gasteiger partial charge in [0.05, 0.1) is 17.4 Å². The number of nitriles is 1. The fourth-order valence-electron chi connectivity index (χ4n) is 2.59. The quantitative estimate of drug-likeness (QED) is 0.828. The Morgan fingerprint density at radius 1 is 1.45 bits per heavy atom. The van der Waals surface area contributed by atoms with Crippen molar-refractivity contribution in [1.29, 1.82) is 5.26 Å². The highest BCUT2D eigenvalue weighted by Crippen LogP contribution is 2.33. The van der Waals surface area contributed by atoms with Gasteiger partial charge < -0.3 is 9.64 Å². The van der Waals surface area contributed by atoms with Gasteiger partial charge >= 0.3 is 0 Å². The zero-order valence-electron chi connectivity index (χ0n) is 12.0. The first-order valence-corrected chi connectivity index (χ1v) is 7.03. The van der Waals surface area contributed by atoms with Crippen molar-refractivity contribution in [2.75, 3.05) is 18.6 Å². The Labute approximate surface area is 120 Å². The number of carbonyl (C=O) groups excluding carboxylic acids is 1. The molecule has 1 aliphatic carbocycles. The van der Waals surface area contributed by atoms with Crippen molar-refractivity contribution in [3.63, 3.8) is 0 Å². The number of para-hydroxylation sites is 1. The fourth-order valence-corrected chi connectivity index (χ4v) is 2.59. The molecule has 1 fully saturated rings. The Bertz CT molecular complexity index is 515. The number of nitrogens with zero attached hydrogens (tertiary/aromatic N) is 2. The summed E-state index contributed by atoms with van der Waals surface area (Å²) in [5.74, 6) is 0.475. The summed E-state index contributed by atoms with van der Waals surface area (Å²) in [4.78, 5) is 13.8. The molecule has 0 heterocycles. The zero-order valence-corrected chi connectivity index (χ0v) is 12.0. The number of ether oxygens (including phenoxy) is 1. The summed E-state index contributed by atoms with van der Waals surface area (Å²) >= 11 is 0. The Balaban J connectivity index is 1.92. The monoisotopic (exact) mass is 272 g/mol. The highest BCUT2D eigenvalue weighted by molar-refractivity contribution is 5.94. The van der Waals surface area contributed by atoms with Gasteiger partial charge in [0.25, 0.3) is 0 Å². The molecular formula is C16H20N2O2. The maximum atomic E-state index is 12.3. The molecule has 0 aromatic heterocycles. The third kappa shape index (κ3) is 3.17. The van der Waals surface area contributed by atoms with Crippen LogP contribution in [-0.2, 0) is 9.53 Å². The van der Waals surface area contributed by atoms with Crippen LogP contribution in [0.5, 0.6) is 0 Å². The molecule has 4 heteroatoms. The molecule has 2 rings (SSSR count). The summed E-state index contributed by atoms with van der Waals surface area (Å²) in [6, 6.07) is 9.30. The van der Waals surface area contributed by atoms with Gasteiger partial charge in [0, 0.05) is 20.1 Å². The van der Waals surface area contributed by atoms with E-state index in [-0.39, 0.29) is 5.91 Å². The van der Waals surface area contributed by atoms with Gasteiger partial charge in [-0.15, -0.1) is 0 Å². The van der Waals surface area contributed by atoms with Gasteiger partial charge in [0.15, 0.2) is 0 Å². The summed E-state index contributed by atoms with van der Waals surface area (Å²) in [7, 11) is 1.73. The highest BCUT2D eigenvalue weighted by atomic mass is 16.5. The van der Waals surface area contributed by atoms with Crippen LogP contribution in [0.15, 0.2) is 24.3 Å². The highest BCUT2D eigenvalue weighted by Gasteiger charge is 2.32. The molecule has 1 aromatic carbocycles. The zero-order chi connectivity index (χ0) is 14.5. The molecule has 0 unspecified atom stereocenters. The van der Waals surface area contributed by atoms with E-state index in [1.54, 1.807) is 30.1 Å². The van der Waals surface area contributed by atoms with Gasteiger partial charge in [-0.1, -0.05) is 12.1 Å². The van der Waals surface area contributed by atoms with Crippen molar-refractivity contribution < 1.29 is 9.53 Å². The van der Waals surface area contributed by atoms with Crippen molar-refractivity contribution in [1.82, 2.24) is 0 Å². The van der Waals surface area contributed by atoms with E-state index in [0.29, 0.717) is 29.7 Å². The minimum atomic E-state index is 0.0626. The van der Waals surface area contributed by atoms with Crippen LogP contribution in [0.2, 0.25) is 0 Å². The molecule has 106 valence electrons. The molecule has 1 saturated carbocycles. The van der Waals surface area contributed by atoms with E-state index >= 15 is 0 Å². The van der Waals surface area contributed by atoms with Crippen LogP contribution in [0.25, 0.3) is 0 Å². The number of amides is 1. The molecule has 0 N–H and O–H groups in total. The number of carbonyl (C=O) groups is 1. The molecule has 20 heavy (non-hydrogen) atoms. The maximum absolute atomic E-state index is 12.3. The predicted molar refractivity (Wildman–Crippen MR) is 77.3 cm³/mol. The molecule has 0 saturated heterocycles. The first kappa shape index (κ1) is 14.5. The second-order valence-electron chi connectivity index (χ2n) is 5.20. The van der Waals surface area contributed by atoms with Gasteiger partial charge in [0.1, 0.15) is 6.07 Å². The van der Waals surface area contributed by atoms with Gasteiger partial charge in [-0.25, -0.2) is 0 Å². The van der Waals surface area contributed by atoms with E-state index in [1.807, 2.05) is 13.0 Å². The normalized spacial score (nSPS) is 20.9. The van der Waals surface area contributed by atoms with Crippen LogP contribution in [-0.4, -0.2) is 25.7 Å². The summed E-state index contributed by atoms with van der Waals surface area (Å²) in [6.45, 7) is 2.73. The van der Waals surface area contributed by atoms with Gasteiger partial charge in [-0.2, -0.15) is 5.26 Å². The van der Waals surface area contributed by atoms with Gasteiger partial charge in [0.2, 0.25) is 5.91 Å². The van der Waals surface area contributed by atoms with Crippen molar-refractivity contribution in [2.24, 2.45) is 5.92 Å². The van der Waals surface area contributed by atoms with Gasteiger partial charge in [-0.05, 0) is 37.8 Å². The van der Waals surface area contributed by atoms with E-state index in [1.165, 1.54) is 0 Å². The lowest BCUT2D eigenvalue weighted by molar-refractivity contribution is -0.121. The summed E-state index contributed by atoms with van der Waals surface area (Å²) in [6.07, 6.45) is 2.79. The first-order chi connectivity index (χ1) is 9.65. The Morgan fingerprint density at radius 2 is 2.15 bits per heavy atom. The topological polar surface area (TPSA) is 53.3 Å². The Morgan fingerprint density at radius 3 is 2.80 bits per heavy atom. The molecule has 0 radical (unpaired) electrons. The molecule has 4 nitrogen and oxygen atoms in total. The first-order valence-electron chi connectivity index (χ1n) is 7.03. The lowest BCUT2D eigenvalue weighted by atomic mass is 9.79. The average Bonchev–Trinajstić information content (AvgIpc) is 2.44. The standard InChI is InChI=1S/C16H20N2O2/c1-3-20-14-8-12(9-14)10-16(19)18(2)15-7-5-4-6-13(15)11-17/h4-7,12,14H,3,8-10H2,1-2H3.